The summed E-state index contributed by atoms with van der Waals surface area (Å²) in [6.45, 7) is 3.75. The van der Waals surface area contributed by atoms with Crippen molar-refractivity contribution in [3.63, 3.8) is 0 Å². The summed E-state index contributed by atoms with van der Waals surface area (Å²) < 4.78 is 0. The van der Waals surface area contributed by atoms with Gasteiger partial charge >= 0.3 is 0 Å². The van der Waals surface area contributed by atoms with Crippen molar-refractivity contribution in [2.75, 3.05) is 24.9 Å². The molecule has 0 saturated carbocycles. The molecule has 1 unspecified atom stereocenters. The van der Waals surface area contributed by atoms with Crippen LogP contribution in [-0.4, -0.2) is 20.0 Å². The van der Waals surface area contributed by atoms with Crippen molar-refractivity contribution < 1.29 is 0 Å². The summed E-state index contributed by atoms with van der Waals surface area (Å²) >= 11 is 5.92. The highest BCUT2D eigenvalue weighted by molar-refractivity contribution is 6.18. The van der Waals surface area contributed by atoms with Gasteiger partial charge in [-0.1, -0.05) is 18.2 Å². The average molecular weight is 224 g/mol. The lowest BCUT2D eigenvalue weighted by atomic mass is 9.97. The Hall–Kier alpha value is -0.950. The van der Waals surface area contributed by atoms with E-state index in [0.717, 1.165) is 6.42 Å². The van der Waals surface area contributed by atoms with Crippen LogP contribution in [0.2, 0.25) is 0 Å². The second-order valence-corrected chi connectivity index (χ2v) is 4.17. The monoisotopic (exact) mass is 223 g/mol. The topological polar surface area (TPSA) is 3.24 Å². The van der Waals surface area contributed by atoms with Gasteiger partial charge in [-0.2, -0.15) is 0 Å². The van der Waals surface area contributed by atoms with Crippen LogP contribution in [0.5, 0.6) is 0 Å². The molecule has 0 spiro atoms. The van der Waals surface area contributed by atoms with Crippen LogP contribution in [0.1, 0.15) is 17.9 Å². The molecular weight excluding hydrogens is 206 g/mol. The van der Waals surface area contributed by atoms with Crippen molar-refractivity contribution in [3.05, 3.63) is 42.5 Å². The maximum absolute atomic E-state index is 5.92. The molecule has 1 aromatic carbocycles. The summed E-state index contributed by atoms with van der Waals surface area (Å²) in [5.41, 5.74) is 2.50. The lowest BCUT2D eigenvalue weighted by Gasteiger charge is -2.16. The summed E-state index contributed by atoms with van der Waals surface area (Å²) in [6.07, 6.45) is 2.86. The number of nitrogens with zero attached hydrogens (tertiary/aromatic N) is 1. The first-order valence-electron chi connectivity index (χ1n) is 5.13. The van der Waals surface area contributed by atoms with Crippen LogP contribution >= 0.6 is 11.6 Å². The minimum absolute atomic E-state index is 0.389. The van der Waals surface area contributed by atoms with E-state index in [2.05, 4.69) is 35.7 Å². The zero-order valence-corrected chi connectivity index (χ0v) is 10.2. The van der Waals surface area contributed by atoms with Crippen molar-refractivity contribution in [2.24, 2.45) is 0 Å². The van der Waals surface area contributed by atoms with Gasteiger partial charge in [0.15, 0.2) is 0 Å². The molecule has 0 aliphatic rings. The van der Waals surface area contributed by atoms with Gasteiger partial charge in [0.2, 0.25) is 0 Å². The number of hydrogen-bond donors (Lipinski definition) is 0. The Labute approximate surface area is 97.4 Å². The summed E-state index contributed by atoms with van der Waals surface area (Å²) in [4.78, 5) is 2.09. The van der Waals surface area contributed by atoms with E-state index in [1.165, 1.54) is 11.3 Å². The molecule has 1 aromatic rings. The molecule has 15 heavy (non-hydrogen) atoms. The van der Waals surface area contributed by atoms with E-state index in [1.54, 1.807) is 0 Å². The number of halogens is 1. The highest BCUT2D eigenvalue weighted by Gasteiger charge is 2.08. The Morgan fingerprint density at radius 2 is 1.93 bits per heavy atom. The van der Waals surface area contributed by atoms with Gasteiger partial charge in [0, 0.05) is 31.6 Å². The van der Waals surface area contributed by atoms with Gasteiger partial charge in [0.05, 0.1) is 0 Å². The molecule has 0 fully saturated rings. The van der Waals surface area contributed by atoms with E-state index in [9.17, 15) is 0 Å². The van der Waals surface area contributed by atoms with Crippen molar-refractivity contribution in [3.8, 4) is 0 Å². The summed E-state index contributed by atoms with van der Waals surface area (Å²) in [7, 11) is 4.08. The highest BCUT2D eigenvalue weighted by Crippen LogP contribution is 2.23. The van der Waals surface area contributed by atoms with Crippen LogP contribution in [0.15, 0.2) is 36.9 Å². The number of allylic oxidation sites excluding steroid dienone is 1. The lowest BCUT2D eigenvalue weighted by Crippen LogP contribution is -2.08. The SMILES string of the molecule is C=CCC(CCl)c1ccc(N(C)C)cc1. The Kier molecular flexibility index (Phi) is 4.70. The Morgan fingerprint density at radius 1 is 1.33 bits per heavy atom. The van der Waals surface area contributed by atoms with Crippen LogP contribution in [0.25, 0.3) is 0 Å². The first kappa shape index (κ1) is 12.1. The van der Waals surface area contributed by atoms with E-state index in [4.69, 9.17) is 11.6 Å². The van der Waals surface area contributed by atoms with Crippen LogP contribution < -0.4 is 4.90 Å². The lowest BCUT2D eigenvalue weighted by molar-refractivity contribution is 0.789. The summed E-state index contributed by atoms with van der Waals surface area (Å²) in [5.74, 6) is 1.04. The van der Waals surface area contributed by atoms with E-state index < -0.39 is 0 Å². The summed E-state index contributed by atoms with van der Waals surface area (Å²) in [5, 5.41) is 0. The zero-order valence-electron chi connectivity index (χ0n) is 9.41. The van der Waals surface area contributed by atoms with Crippen molar-refractivity contribution in [1.82, 2.24) is 0 Å². The predicted octanol–water partition coefficient (Wildman–Crippen LogP) is 3.65. The smallest absolute Gasteiger partial charge is 0.0361 e. The van der Waals surface area contributed by atoms with Crippen LogP contribution in [0.4, 0.5) is 5.69 Å². The second kappa shape index (κ2) is 5.82. The molecule has 2 heteroatoms. The Bertz CT molecular complexity index is 303. The van der Waals surface area contributed by atoms with E-state index in [1.807, 2.05) is 20.2 Å². The van der Waals surface area contributed by atoms with Gasteiger partial charge in [-0.3, -0.25) is 0 Å². The van der Waals surface area contributed by atoms with Crippen LogP contribution in [0.3, 0.4) is 0 Å². The fourth-order valence-corrected chi connectivity index (χ4v) is 1.84. The zero-order chi connectivity index (χ0) is 11.3. The second-order valence-electron chi connectivity index (χ2n) is 3.86. The van der Waals surface area contributed by atoms with Gasteiger partial charge in [-0.15, -0.1) is 18.2 Å². The third-order valence-electron chi connectivity index (χ3n) is 2.52. The molecule has 0 amide bonds. The third-order valence-corrected chi connectivity index (χ3v) is 2.89. The minimum Gasteiger partial charge on any atom is -0.378 e. The van der Waals surface area contributed by atoms with Gasteiger partial charge in [-0.05, 0) is 24.1 Å². The molecule has 0 heterocycles. The van der Waals surface area contributed by atoms with Crippen LogP contribution in [0, 0.1) is 0 Å². The number of benzene rings is 1. The first-order valence-corrected chi connectivity index (χ1v) is 5.66. The molecule has 0 aliphatic carbocycles. The molecular formula is C13H18ClN. The molecule has 0 bridgehead atoms. The fourth-order valence-electron chi connectivity index (χ4n) is 1.53. The largest absolute Gasteiger partial charge is 0.378 e. The third kappa shape index (κ3) is 3.28. The van der Waals surface area contributed by atoms with Crippen LogP contribution in [-0.2, 0) is 0 Å². The normalized spacial score (nSPS) is 12.2. The molecule has 1 rings (SSSR count). The van der Waals surface area contributed by atoms with Crippen molar-refractivity contribution in [2.45, 2.75) is 12.3 Å². The number of hydrogen-bond acceptors (Lipinski definition) is 1. The molecule has 0 radical (unpaired) electrons. The molecule has 0 saturated heterocycles. The van der Waals surface area contributed by atoms with E-state index in [-0.39, 0.29) is 0 Å². The molecule has 1 atom stereocenters. The van der Waals surface area contributed by atoms with E-state index >= 15 is 0 Å². The van der Waals surface area contributed by atoms with Gasteiger partial charge in [-0.25, -0.2) is 0 Å². The highest BCUT2D eigenvalue weighted by atomic mass is 35.5. The molecule has 0 N–H and O–H groups in total. The molecule has 1 nitrogen and oxygen atoms in total. The standard InChI is InChI=1S/C13H18ClN/c1-4-5-12(10-14)11-6-8-13(9-7-11)15(2)3/h4,6-9,12H,1,5,10H2,2-3H3. The van der Waals surface area contributed by atoms with Crippen molar-refractivity contribution >= 4 is 17.3 Å². The fraction of sp³-hybridized carbons (Fsp3) is 0.385. The Balaban J connectivity index is 2.81. The molecule has 0 aromatic heterocycles. The number of rotatable bonds is 5. The first-order chi connectivity index (χ1) is 7.19. The average Bonchev–Trinajstić information content (AvgIpc) is 2.26. The number of alkyl halides is 1. The van der Waals surface area contributed by atoms with Gasteiger partial charge in [0.1, 0.15) is 0 Å². The maximum atomic E-state index is 5.92. The minimum atomic E-state index is 0.389. The van der Waals surface area contributed by atoms with E-state index in [0.29, 0.717) is 11.8 Å². The van der Waals surface area contributed by atoms with Crippen molar-refractivity contribution in [1.29, 1.82) is 0 Å². The summed E-state index contributed by atoms with van der Waals surface area (Å²) in [6, 6.07) is 8.54. The molecule has 0 aliphatic heterocycles. The molecule has 82 valence electrons. The van der Waals surface area contributed by atoms with Gasteiger partial charge in [0.25, 0.3) is 0 Å². The maximum Gasteiger partial charge on any atom is 0.0361 e. The Morgan fingerprint density at radius 3 is 2.33 bits per heavy atom. The predicted molar refractivity (Wildman–Crippen MR) is 69.0 cm³/mol. The van der Waals surface area contributed by atoms with Gasteiger partial charge < -0.3 is 4.90 Å². The quantitative estimate of drug-likeness (QED) is 0.544. The number of anilines is 1.